The summed E-state index contributed by atoms with van der Waals surface area (Å²) in [6.45, 7) is 1.62. The average Bonchev–Trinajstić information content (AvgIpc) is 3.60. The van der Waals surface area contributed by atoms with Crippen LogP contribution >= 0.6 is 12.4 Å². The molecule has 5 rings (SSSR count). The molecule has 4 aromatic rings. The van der Waals surface area contributed by atoms with E-state index in [1.54, 1.807) is 31.6 Å². The Labute approximate surface area is 211 Å². The number of carbonyl (C=O) groups excluding carboxylic acids is 1. The van der Waals surface area contributed by atoms with Crippen molar-refractivity contribution in [3.8, 4) is 11.1 Å². The topological polar surface area (TPSA) is 131 Å². The van der Waals surface area contributed by atoms with Gasteiger partial charge < -0.3 is 0 Å². The van der Waals surface area contributed by atoms with E-state index in [1.807, 2.05) is 4.72 Å². The highest BCUT2D eigenvalue weighted by Crippen LogP contribution is 2.38. The summed E-state index contributed by atoms with van der Waals surface area (Å²) in [7, 11) is -3.99. The fourth-order valence-electron chi connectivity index (χ4n) is 3.70. The van der Waals surface area contributed by atoms with Crippen LogP contribution in [0.15, 0.2) is 36.8 Å². The largest absolute Gasteiger partial charge is 0.287 e. The summed E-state index contributed by atoms with van der Waals surface area (Å²) in [5.74, 6) is -2.44. The van der Waals surface area contributed by atoms with Crippen LogP contribution in [0.5, 0.6) is 0 Å². The monoisotopic (exact) mass is 534 g/mol. The first-order chi connectivity index (χ1) is 16.8. The number of fused-ring (bicyclic) bond motifs is 1. The summed E-state index contributed by atoms with van der Waals surface area (Å²) < 4.78 is 55.4. The number of sulfonamides is 1. The van der Waals surface area contributed by atoms with Crippen LogP contribution in [-0.4, -0.2) is 45.1 Å². The maximum Gasteiger partial charge on any atom is 0.232 e. The molecule has 3 heterocycles. The first-order valence-corrected chi connectivity index (χ1v) is 12.6. The molecule has 9 nitrogen and oxygen atoms in total. The fourth-order valence-corrected chi connectivity index (χ4v) is 4.84. The molecular formula is C23H21ClF2N6O3S. The van der Waals surface area contributed by atoms with Gasteiger partial charge in [0.25, 0.3) is 0 Å². The maximum absolute atomic E-state index is 15.1. The van der Waals surface area contributed by atoms with Crippen molar-refractivity contribution in [1.82, 2.24) is 25.1 Å². The highest BCUT2D eigenvalue weighted by molar-refractivity contribution is 7.92. The van der Waals surface area contributed by atoms with Crippen molar-refractivity contribution in [3.63, 3.8) is 0 Å². The average molecular weight is 535 g/mol. The lowest BCUT2D eigenvalue weighted by molar-refractivity contribution is 0.103. The Morgan fingerprint density at radius 2 is 1.81 bits per heavy atom. The number of halogens is 3. The van der Waals surface area contributed by atoms with E-state index in [2.05, 4.69) is 25.1 Å². The molecular weight excluding hydrogens is 514 g/mol. The Bertz CT molecular complexity index is 1560. The third-order valence-electron chi connectivity index (χ3n) is 5.65. The first-order valence-electron chi connectivity index (χ1n) is 11.0. The summed E-state index contributed by atoms with van der Waals surface area (Å²) in [5, 5.41) is 6.93. The predicted octanol–water partition coefficient (Wildman–Crippen LogP) is 4.38. The molecule has 13 heteroatoms. The Balaban J connectivity index is 0.00000304. The molecule has 1 fully saturated rings. The highest BCUT2D eigenvalue weighted by atomic mass is 35.5. The Kier molecular flexibility index (Phi) is 7.01. The van der Waals surface area contributed by atoms with Gasteiger partial charge in [0.1, 0.15) is 23.0 Å². The maximum atomic E-state index is 15.1. The van der Waals surface area contributed by atoms with Crippen LogP contribution < -0.4 is 4.72 Å². The lowest BCUT2D eigenvalue weighted by Gasteiger charge is -2.11. The molecule has 3 aromatic heterocycles. The number of hydrogen-bond donors (Lipinski definition) is 2. The molecule has 1 aliphatic carbocycles. The molecule has 188 valence electrons. The van der Waals surface area contributed by atoms with E-state index < -0.39 is 38.7 Å². The van der Waals surface area contributed by atoms with Crippen molar-refractivity contribution < 1.29 is 22.0 Å². The summed E-state index contributed by atoms with van der Waals surface area (Å²) in [5.41, 5.74) is 0.0241. The smallest absolute Gasteiger partial charge is 0.232 e. The Hall–Kier alpha value is -3.51. The number of nitrogens with zero attached hydrogens (tertiary/aromatic N) is 4. The third-order valence-corrected chi connectivity index (χ3v) is 7.11. The summed E-state index contributed by atoms with van der Waals surface area (Å²) in [6, 6.07) is 3.44. The number of rotatable bonds is 8. The van der Waals surface area contributed by atoms with Gasteiger partial charge in [0.2, 0.25) is 15.8 Å². The third kappa shape index (κ3) is 4.91. The zero-order valence-corrected chi connectivity index (χ0v) is 20.6. The quantitative estimate of drug-likeness (QED) is 0.321. The van der Waals surface area contributed by atoms with Crippen LogP contribution in [0.2, 0.25) is 0 Å². The van der Waals surface area contributed by atoms with E-state index in [9.17, 15) is 17.6 Å². The van der Waals surface area contributed by atoms with Crippen LogP contribution in [0.25, 0.3) is 22.2 Å². The van der Waals surface area contributed by atoms with Gasteiger partial charge in [-0.15, -0.1) is 12.4 Å². The highest BCUT2D eigenvalue weighted by Gasteiger charge is 2.27. The van der Waals surface area contributed by atoms with Crippen molar-refractivity contribution in [2.45, 2.75) is 32.1 Å². The molecule has 0 aliphatic heterocycles. The fraction of sp³-hybridized carbons (Fsp3) is 0.261. The van der Waals surface area contributed by atoms with Gasteiger partial charge in [-0.05, 0) is 37.5 Å². The molecule has 1 aromatic carbocycles. The molecule has 0 atom stereocenters. The zero-order chi connectivity index (χ0) is 24.7. The van der Waals surface area contributed by atoms with E-state index >= 15 is 4.39 Å². The van der Waals surface area contributed by atoms with Gasteiger partial charge in [-0.2, -0.15) is 5.10 Å². The van der Waals surface area contributed by atoms with Gasteiger partial charge in [0, 0.05) is 35.6 Å². The molecule has 0 spiro atoms. The van der Waals surface area contributed by atoms with Crippen molar-refractivity contribution in [1.29, 1.82) is 0 Å². The predicted molar refractivity (Wildman–Crippen MR) is 132 cm³/mol. The molecule has 0 bridgehead atoms. The van der Waals surface area contributed by atoms with E-state index in [4.69, 9.17) is 0 Å². The molecule has 0 amide bonds. The molecule has 2 N–H and O–H groups in total. The second-order valence-corrected chi connectivity index (χ2v) is 10.2. The standard InChI is InChI=1S/C23H20F2N6O3S.ClH/c1-2-7-35(33,34)31-20-17(24)6-5-15(18(20)25)21(32)19-16-8-13(9-28-23(16)30-29-19)14-10-26-22(27-11-14)12-3-4-12;/h5-6,8-12,31H,2-4,7H2,1H3,(H,28,29,30);1H. The number of pyridine rings is 1. The molecule has 0 radical (unpaired) electrons. The van der Waals surface area contributed by atoms with Gasteiger partial charge >= 0.3 is 0 Å². The Morgan fingerprint density at radius 3 is 2.47 bits per heavy atom. The van der Waals surface area contributed by atoms with Crippen molar-refractivity contribution >= 4 is 44.9 Å². The van der Waals surface area contributed by atoms with Crippen LogP contribution in [-0.2, 0) is 10.0 Å². The van der Waals surface area contributed by atoms with Crippen LogP contribution in [0.3, 0.4) is 0 Å². The number of aromatic amines is 1. The summed E-state index contributed by atoms with van der Waals surface area (Å²) >= 11 is 0. The second kappa shape index (κ2) is 9.86. The van der Waals surface area contributed by atoms with Crippen LogP contribution in [0.1, 0.15) is 54.0 Å². The van der Waals surface area contributed by atoms with E-state index in [0.717, 1.165) is 30.8 Å². The second-order valence-electron chi connectivity index (χ2n) is 8.33. The number of anilines is 1. The number of aromatic nitrogens is 5. The normalized spacial score (nSPS) is 13.4. The minimum Gasteiger partial charge on any atom is -0.287 e. The number of carbonyl (C=O) groups is 1. The van der Waals surface area contributed by atoms with Crippen molar-refractivity contribution in [3.05, 3.63) is 65.5 Å². The van der Waals surface area contributed by atoms with Crippen molar-refractivity contribution in [2.24, 2.45) is 0 Å². The lowest BCUT2D eigenvalue weighted by atomic mass is 10.0. The summed E-state index contributed by atoms with van der Waals surface area (Å²) in [6.07, 6.45) is 7.34. The lowest BCUT2D eigenvalue weighted by Crippen LogP contribution is -2.19. The summed E-state index contributed by atoms with van der Waals surface area (Å²) in [4.78, 5) is 26.3. The van der Waals surface area contributed by atoms with Gasteiger partial charge in [-0.25, -0.2) is 32.2 Å². The van der Waals surface area contributed by atoms with E-state index in [-0.39, 0.29) is 30.3 Å². The van der Waals surface area contributed by atoms with Gasteiger partial charge in [-0.3, -0.25) is 14.6 Å². The molecule has 0 saturated heterocycles. The minimum atomic E-state index is -3.99. The van der Waals surface area contributed by atoms with Crippen LogP contribution in [0.4, 0.5) is 14.5 Å². The number of benzene rings is 1. The van der Waals surface area contributed by atoms with Crippen LogP contribution in [0, 0.1) is 11.6 Å². The number of hydrogen-bond acceptors (Lipinski definition) is 7. The number of ketones is 1. The van der Waals surface area contributed by atoms with Gasteiger partial charge in [0.05, 0.1) is 16.7 Å². The molecule has 1 aliphatic rings. The zero-order valence-electron chi connectivity index (χ0n) is 19.0. The van der Waals surface area contributed by atoms with E-state index in [0.29, 0.717) is 28.1 Å². The van der Waals surface area contributed by atoms with Gasteiger partial charge in [-0.1, -0.05) is 6.92 Å². The van der Waals surface area contributed by atoms with E-state index in [1.165, 1.54) is 0 Å². The number of H-pyrrole nitrogens is 1. The molecule has 0 unspecified atom stereocenters. The first kappa shape index (κ1) is 25.6. The Morgan fingerprint density at radius 1 is 1.11 bits per heavy atom. The SMILES string of the molecule is CCCS(=O)(=O)Nc1c(F)ccc(C(=O)c2n[nH]c3ncc(-c4cnc(C5CC5)nc4)cc23)c1F.Cl. The minimum absolute atomic E-state index is 0. The van der Waals surface area contributed by atoms with Crippen molar-refractivity contribution in [2.75, 3.05) is 10.5 Å². The molecule has 1 saturated carbocycles. The molecule has 36 heavy (non-hydrogen) atoms. The van der Waals surface area contributed by atoms with Gasteiger partial charge in [0.15, 0.2) is 11.5 Å². The number of nitrogens with one attached hydrogen (secondary N) is 2.